The van der Waals surface area contributed by atoms with Gasteiger partial charge < -0.3 is 5.73 Å². The topological polar surface area (TPSA) is 95.4 Å². The maximum Gasteiger partial charge on any atom is 0.205 e. The van der Waals surface area contributed by atoms with E-state index in [9.17, 15) is 0 Å². The third-order valence-electron chi connectivity index (χ3n) is 2.57. The molecule has 0 atom stereocenters. The van der Waals surface area contributed by atoms with Crippen LogP contribution >= 0.6 is 0 Å². The molecule has 7 nitrogen and oxygen atoms in total. The molecule has 1 aromatic carbocycles. The fraction of sp³-hybridized carbons (Fsp3) is 0.0833. The number of rotatable bonds is 3. The molecule has 0 fully saturated rings. The van der Waals surface area contributed by atoms with E-state index in [1.165, 1.54) is 4.80 Å². The van der Waals surface area contributed by atoms with Crippen LogP contribution in [0.3, 0.4) is 0 Å². The molecule has 3 rings (SSSR count). The minimum absolute atomic E-state index is 0.354. The predicted molar refractivity (Wildman–Crippen MR) is 68.1 cm³/mol. The van der Waals surface area contributed by atoms with Crippen molar-refractivity contribution in [2.45, 2.75) is 6.54 Å². The van der Waals surface area contributed by atoms with E-state index in [4.69, 9.17) is 5.73 Å². The van der Waals surface area contributed by atoms with Crippen LogP contribution in [-0.4, -0.2) is 30.4 Å². The average molecular weight is 253 g/mol. The quantitative estimate of drug-likeness (QED) is 0.733. The van der Waals surface area contributed by atoms with Gasteiger partial charge in [-0.1, -0.05) is 30.3 Å². The van der Waals surface area contributed by atoms with Gasteiger partial charge in [-0.15, -0.1) is 20.1 Å². The Bertz CT molecular complexity index is 660. The van der Waals surface area contributed by atoms with Gasteiger partial charge in [0.25, 0.3) is 0 Å². The van der Waals surface area contributed by atoms with Crippen molar-refractivity contribution >= 4 is 0 Å². The van der Waals surface area contributed by atoms with Crippen LogP contribution in [0.4, 0.5) is 0 Å². The van der Waals surface area contributed by atoms with Crippen molar-refractivity contribution in [3.8, 4) is 17.2 Å². The number of benzene rings is 1. The Hall–Kier alpha value is -2.67. The van der Waals surface area contributed by atoms with Gasteiger partial charge in [0.1, 0.15) is 0 Å². The molecule has 19 heavy (non-hydrogen) atoms. The molecule has 2 heterocycles. The number of nitrogens with two attached hydrogens (primary N) is 1. The molecule has 0 radical (unpaired) electrons. The molecular formula is C12H11N7. The van der Waals surface area contributed by atoms with Crippen molar-refractivity contribution in [3.63, 3.8) is 0 Å². The summed E-state index contributed by atoms with van der Waals surface area (Å²) in [6, 6.07) is 13.2. The van der Waals surface area contributed by atoms with E-state index in [1.54, 1.807) is 12.1 Å². The number of hydrogen-bond acceptors (Lipinski definition) is 6. The molecular weight excluding hydrogens is 242 g/mol. The van der Waals surface area contributed by atoms with Crippen LogP contribution in [0.15, 0.2) is 42.5 Å². The largest absolute Gasteiger partial charge is 0.325 e. The number of aromatic nitrogens is 6. The van der Waals surface area contributed by atoms with Crippen LogP contribution in [-0.2, 0) is 6.54 Å². The maximum atomic E-state index is 5.47. The first-order valence-corrected chi connectivity index (χ1v) is 5.75. The Labute approximate surface area is 109 Å². The zero-order valence-electron chi connectivity index (χ0n) is 10.0. The molecule has 94 valence electrons. The Morgan fingerprint density at radius 3 is 2.47 bits per heavy atom. The summed E-state index contributed by atoms with van der Waals surface area (Å²) in [6.07, 6.45) is 0. The molecule has 0 saturated carbocycles. The van der Waals surface area contributed by atoms with Gasteiger partial charge in [-0.2, -0.15) is 5.10 Å². The van der Waals surface area contributed by atoms with E-state index in [0.29, 0.717) is 23.9 Å². The highest BCUT2D eigenvalue weighted by atomic mass is 15.6. The summed E-state index contributed by atoms with van der Waals surface area (Å²) < 4.78 is 0. The average Bonchev–Trinajstić information content (AvgIpc) is 2.98. The highest BCUT2D eigenvalue weighted by Crippen LogP contribution is 2.12. The van der Waals surface area contributed by atoms with E-state index in [0.717, 1.165) is 5.56 Å². The van der Waals surface area contributed by atoms with Crippen LogP contribution in [0.1, 0.15) is 5.69 Å². The van der Waals surface area contributed by atoms with Crippen molar-refractivity contribution in [1.82, 2.24) is 30.4 Å². The predicted octanol–water partition coefficient (Wildman–Crippen LogP) is 0.578. The van der Waals surface area contributed by atoms with Gasteiger partial charge in [-0.05, 0) is 17.3 Å². The fourth-order valence-corrected chi connectivity index (χ4v) is 1.58. The molecule has 0 aliphatic rings. The van der Waals surface area contributed by atoms with Crippen molar-refractivity contribution in [2.24, 2.45) is 5.73 Å². The van der Waals surface area contributed by atoms with E-state index in [2.05, 4.69) is 25.6 Å². The van der Waals surface area contributed by atoms with Gasteiger partial charge in [-0.3, -0.25) is 0 Å². The summed E-state index contributed by atoms with van der Waals surface area (Å²) in [5.74, 6) is 1.05. The smallest absolute Gasteiger partial charge is 0.205 e. The van der Waals surface area contributed by atoms with Crippen LogP contribution in [0, 0.1) is 0 Å². The Morgan fingerprint density at radius 2 is 1.79 bits per heavy atom. The van der Waals surface area contributed by atoms with Crippen molar-refractivity contribution in [1.29, 1.82) is 0 Å². The second-order valence-electron chi connectivity index (χ2n) is 3.86. The molecule has 0 amide bonds. The molecule has 0 bridgehead atoms. The summed E-state index contributed by atoms with van der Waals surface area (Å²) in [5, 5.41) is 20.2. The number of nitrogens with zero attached hydrogens (tertiary/aromatic N) is 6. The van der Waals surface area contributed by atoms with E-state index in [1.807, 2.05) is 30.3 Å². The molecule has 7 heteroatoms. The Balaban J connectivity index is 1.92. The van der Waals surface area contributed by atoms with Crippen molar-refractivity contribution < 1.29 is 0 Å². The molecule has 2 N–H and O–H groups in total. The first kappa shape index (κ1) is 11.4. The standard InChI is InChI=1S/C12H11N7/c13-8-10-6-7-11(15-14-10)19-17-12(16-18-19)9-4-2-1-3-5-9/h1-7H,8,13H2. The lowest BCUT2D eigenvalue weighted by Gasteiger charge is -1.97. The van der Waals surface area contributed by atoms with Crippen molar-refractivity contribution in [2.75, 3.05) is 0 Å². The summed E-state index contributed by atoms with van der Waals surface area (Å²) >= 11 is 0. The Kier molecular flexibility index (Phi) is 2.95. The van der Waals surface area contributed by atoms with E-state index >= 15 is 0 Å². The molecule has 0 unspecified atom stereocenters. The molecule has 0 spiro atoms. The lowest BCUT2D eigenvalue weighted by Crippen LogP contribution is -2.06. The highest BCUT2D eigenvalue weighted by Gasteiger charge is 2.07. The van der Waals surface area contributed by atoms with E-state index < -0.39 is 0 Å². The molecule has 0 aliphatic carbocycles. The van der Waals surface area contributed by atoms with Crippen LogP contribution < -0.4 is 5.73 Å². The maximum absolute atomic E-state index is 5.47. The molecule has 0 saturated heterocycles. The number of tetrazole rings is 1. The molecule has 0 aliphatic heterocycles. The van der Waals surface area contributed by atoms with Crippen LogP contribution in [0.25, 0.3) is 17.2 Å². The minimum Gasteiger partial charge on any atom is -0.325 e. The highest BCUT2D eigenvalue weighted by molar-refractivity contribution is 5.53. The van der Waals surface area contributed by atoms with Crippen LogP contribution in [0.2, 0.25) is 0 Å². The number of hydrogen-bond donors (Lipinski definition) is 1. The lowest BCUT2D eigenvalue weighted by molar-refractivity contribution is 0.682. The first-order chi connectivity index (χ1) is 9.36. The Morgan fingerprint density at radius 1 is 0.947 bits per heavy atom. The second kappa shape index (κ2) is 4.91. The van der Waals surface area contributed by atoms with Crippen molar-refractivity contribution in [3.05, 3.63) is 48.2 Å². The first-order valence-electron chi connectivity index (χ1n) is 5.75. The summed E-state index contributed by atoms with van der Waals surface area (Å²) in [6.45, 7) is 0.354. The zero-order valence-corrected chi connectivity index (χ0v) is 10.0. The lowest BCUT2D eigenvalue weighted by atomic mass is 10.2. The van der Waals surface area contributed by atoms with Gasteiger partial charge >= 0.3 is 0 Å². The van der Waals surface area contributed by atoms with Gasteiger partial charge in [0.15, 0.2) is 5.82 Å². The molecule has 2 aromatic heterocycles. The SMILES string of the molecule is NCc1ccc(-n2nnc(-c3ccccc3)n2)nn1. The summed E-state index contributed by atoms with van der Waals surface area (Å²) in [5.41, 5.74) is 7.08. The van der Waals surface area contributed by atoms with Gasteiger partial charge in [0.2, 0.25) is 5.82 Å². The summed E-state index contributed by atoms with van der Waals surface area (Å²) in [4.78, 5) is 1.34. The zero-order chi connectivity index (χ0) is 13.1. The summed E-state index contributed by atoms with van der Waals surface area (Å²) in [7, 11) is 0. The normalized spacial score (nSPS) is 10.6. The van der Waals surface area contributed by atoms with E-state index in [-0.39, 0.29) is 0 Å². The second-order valence-corrected chi connectivity index (χ2v) is 3.86. The molecule has 3 aromatic rings. The minimum atomic E-state index is 0.354. The van der Waals surface area contributed by atoms with Crippen LogP contribution in [0.5, 0.6) is 0 Å². The third-order valence-corrected chi connectivity index (χ3v) is 2.57. The fourth-order valence-electron chi connectivity index (χ4n) is 1.58. The van der Waals surface area contributed by atoms with Gasteiger partial charge in [-0.25, -0.2) is 0 Å². The van der Waals surface area contributed by atoms with Gasteiger partial charge in [0.05, 0.1) is 5.69 Å². The third kappa shape index (κ3) is 2.31. The van der Waals surface area contributed by atoms with Gasteiger partial charge in [0, 0.05) is 12.1 Å². The monoisotopic (exact) mass is 253 g/mol.